The molecule has 0 atom stereocenters. The molecule has 2 N–H and O–H groups in total. The first kappa shape index (κ1) is 24.3. The van der Waals surface area contributed by atoms with E-state index in [2.05, 4.69) is 11.0 Å². The number of carboxylic acid groups (broad SMARTS) is 2. The smallest absolute Gasteiger partial charge is 0.303 e. The molecule has 31 heavy (non-hydrogen) atoms. The van der Waals surface area contributed by atoms with Gasteiger partial charge in [-0.1, -0.05) is 49.2 Å². The van der Waals surface area contributed by atoms with Crippen molar-refractivity contribution in [3.8, 4) is 5.75 Å². The number of hydrogen-bond donors (Lipinski definition) is 2. The van der Waals surface area contributed by atoms with Crippen molar-refractivity contribution < 1.29 is 24.5 Å². The zero-order chi connectivity index (χ0) is 22.3. The molecule has 168 valence electrons. The molecule has 2 aromatic rings. The number of rotatable bonds is 16. The summed E-state index contributed by atoms with van der Waals surface area (Å²) in [5, 5.41) is 17.6. The highest BCUT2D eigenvalue weighted by Crippen LogP contribution is 2.23. The molecule has 0 aliphatic heterocycles. The largest absolute Gasteiger partial charge is 0.489 e. The molecule has 6 heteroatoms. The summed E-state index contributed by atoms with van der Waals surface area (Å²) in [6.45, 7) is 2.18. The SMILES string of the molecule is O=C(O)CCCCCN(CCCCCC(=O)O)c1cccc(OCc2ccccc2)c1. The van der Waals surface area contributed by atoms with E-state index in [4.69, 9.17) is 14.9 Å². The number of carbonyl (C=O) groups is 2. The molecule has 0 saturated carbocycles. The van der Waals surface area contributed by atoms with Crippen LogP contribution in [0.4, 0.5) is 5.69 Å². The molecule has 0 saturated heterocycles. The van der Waals surface area contributed by atoms with E-state index < -0.39 is 11.9 Å². The second kappa shape index (κ2) is 14.1. The highest BCUT2D eigenvalue weighted by molar-refractivity contribution is 5.66. The molecule has 0 heterocycles. The molecule has 0 aliphatic rings. The van der Waals surface area contributed by atoms with E-state index in [9.17, 15) is 9.59 Å². The van der Waals surface area contributed by atoms with Crippen molar-refractivity contribution in [1.82, 2.24) is 0 Å². The number of hydrogen-bond acceptors (Lipinski definition) is 4. The van der Waals surface area contributed by atoms with E-state index >= 15 is 0 Å². The molecule has 0 bridgehead atoms. The predicted molar refractivity (Wildman–Crippen MR) is 122 cm³/mol. The third kappa shape index (κ3) is 10.5. The Labute approximate surface area is 184 Å². The maximum atomic E-state index is 10.7. The van der Waals surface area contributed by atoms with Gasteiger partial charge < -0.3 is 19.8 Å². The minimum Gasteiger partial charge on any atom is -0.489 e. The van der Waals surface area contributed by atoms with E-state index in [-0.39, 0.29) is 12.8 Å². The maximum absolute atomic E-state index is 10.7. The molecule has 2 aromatic carbocycles. The second-order valence-corrected chi connectivity index (χ2v) is 7.67. The molecular weight excluding hydrogens is 394 g/mol. The van der Waals surface area contributed by atoms with Crippen LogP contribution in [0.2, 0.25) is 0 Å². The minimum atomic E-state index is -0.751. The molecule has 0 unspecified atom stereocenters. The van der Waals surface area contributed by atoms with Gasteiger partial charge in [-0.3, -0.25) is 9.59 Å². The summed E-state index contributed by atoms with van der Waals surface area (Å²) < 4.78 is 5.96. The fourth-order valence-electron chi connectivity index (χ4n) is 3.39. The van der Waals surface area contributed by atoms with Gasteiger partial charge in [-0.25, -0.2) is 0 Å². The van der Waals surface area contributed by atoms with E-state index in [1.165, 1.54) is 0 Å². The summed E-state index contributed by atoms with van der Waals surface area (Å²) in [6, 6.07) is 18.1. The van der Waals surface area contributed by atoms with Crippen molar-refractivity contribution >= 4 is 17.6 Å². The molecule has 0 radical (unpaired) electrons. The zero-order valence-electron chi connectivity index (χ0n) is 18.0. The molecule has 2 rings (SSSR count). The van der Waals surface area contributed by atoms with Gasteiger partial charge in [0.25, 0.3) is 0 Å². The van der Waals surface area contributed by atoms with Gasteiger partial charge in [0, 0.05) is 37.7 Å². The topological polar surface area (TPSA) is 87.1 Å². The number of unbranched alkanes of at least 4 members (excludes halogenated alkanes) is 4. The number of nitrogens with zero attached hydrogens (tertiary/aromatic N) is 1. The van der Waals surface area contributed by atoms with Crippen LogP contribution >= 0.6 is 0 Å². The standard InChI is InChI=1S/C25H33NO5/c27-24(28)15-6-2-8-17-26(18-9-3-7-16-25(29)30)22-13-10-14-23(19-22)31-20-21-11-4-1-5-12-21/h1,4-5,10-14,19H,2-3,6-9,15-18,20H2,(H,27,28)(H,29,30). The summed E-state index contributed by atoms with van der Waals surface area (Å²) in [6.07, 6.45) is 5.34. The van der Waals surface area contributed by atoms with Crippen LogP contribution in [-0.2, 0) is 16.2 Å². The lowest BCUT2D eigenvalue weighted by Gasteiger charge is -2.25. The fourth-order valence-corrected chi connectivity index (χ4v) is 3.39. The second-order valence-electron chi connectivity index (χ2n) is 7.67. The highest BCUT2D eigenvalue weighted by Gasteiger charge is 2.09. The summed E-state index contributed by atoms with van der Waals surface area (Å²) >= 11 is 0. The van der Waals surface area contributed by atoms with Gasteiger partial charge in [0.2, 0.25) is 0 Å². The van der Waals surface area contributed by atoms with Crippen molar-refractivity contribution in [3.63, 3.8) is 0 Å². The Morgan fingerprint density at radius 3 is 1.94 bits per heavy atom. The first-order chi connectivity index (χ1) is 15.0. The minimum absolute atomic E-state index is 0.206. The number of aliphatic carboxylic acids is 2. The Kier molecular flexibility index (Phi) is 11.0. The Bertz CT molecular complexity index is 770. The van der Waals surface area contributed by atoms with Gasteiger partial charge in [-0.15, -0.1) is 0 Å². The van der Waals surface area contributed by atoms with E-state index in [0.29, 0.717) is 19.4 Å². The van der Waals surface area contributed by atoms with Crippen LogP contribution in [0.25, 0.3) is 0 Å². The average molecular weight is 428 g/mol. The van der Waals surface area contributed by atoms with Crippen molar-refractivity contribution in [3.05, 3.63) is 60.2 Å². The molecular formula is C25H33NO5. The first-order valence-corrected chi connectivity index (χ1v) is 11.0. The Morgan fingerprint density at radius 1 is 0.742 bits per heavy atom. The lowest BCUT2D eigenvalue weighted by molar-refractivity contribution is -0.138. The summed E-state index contributed by atoms with van der Waals surface area (Å²) in [5.74, 6) is -0.694. The number of carboxylic acids is 2. The molecule has 6 nitrogen and oxygen atoms in total. The van der Waals surface area contributed by atoms with E-state index in [1.54, 1.807) is 0 Å². The lowest BCUT2D eigenvalue weighted by Crippen LogP contribution is -2.25. The molecule has 0 spiro atoms. The predicted octanol–water partition coefficient (Wildman–Crippen LogP) is 5.36. The van der Waals surface area contributed by atoms with Crippen molar-refractivity contribution in [2.75, 3.05) is 18.0 Å². The lowest BCUT2D eigenvalue weighted by atomic mass is 10.1. The third-order valence-electron chi connectivity index (χ3n) is 5.07. The van der Waals surface area contributed by atoms with Crippen LogP contribution in [0.5, 0.6) is 5.75 Å². The fraction of sp³-hybridized carbons (Fsp3) is 0.440. The van der Waals surface area contributed by atoms with Crippen LogP contribution in [0.1, 0.15) is 56.9 Å². The molecule has 0 amide bonds. The molecule has 0 aliphatic carbocycles. The highest BCUT2D eigenvalue weighted by atomic mass is 16.5. The van der Waals surface area contributed by atoms with Gasteiger partial charge in [-0.05, 0) is 43.4 Å². The maximum Gasteiger partial charge on any atom is 0.303 e. The number of benzene rings is 2. The third-order valence-corrected chi connectivity index (χ3v) is 5.07. The van der Waals surface area contributed by atoms with Gasteiger partial charge in [0.1, 0.15) is 12.4 Å². The first-order valence-electron chi connectivity index (χ1n) is 11.0. The van der Waals surface area contributed by atoms with Gasteiger partial charge >= 0.3 is 11.9 Å². The zero-order valence-corrected chi connectivity index (χ0v) is 18.0. The van der Waals surface area contributed by atoms with Gasteiger partial charge in [-0.2, -0.15) is 0 Å². The molecule has 0 aromatic heterocycles. The summed E-state index contributed by atoms with van der Waals surface area (Å²) in [5.41, 5.74) is 2.18. The van der Waals surface area contributed by atoms with Crippen molar-refractivity contribution in [2.45, 2.75) is 58.0 Å². The Morgan fingerprint density at radius 2 is 1.35 bits per heavy atom. The monoisotopic (exact) mass is 427 g/mol. The summed E-state index contributed by atoms with van der Waals surface area (Å²) in [4.78, 5) is 23.7. The average Bonchev–Trinajstić information content (AvgIpc) is 2.76. The van der Waals surface area contributed by atoms with Crippen LogP contribution in [-0.4, -0.2) is 35.2 Å². The van der Waals surface area contributed by atoms with Crippen LogP contribution in [0.15, 0.2) is 54.6 Å². The Balaban J connectivity index is 1.92. The number of anilines is 1. The van der Waals surface area contributed by atoms with E-state index in [1.807, 2.05) is 48.5 Å². The molecule has 0 fully saturated rings. The van der Waals surface area contributed by atoms with Crippen LogP contribution in [0.3, 0.4) is 0 Å². The van der Waals surface area contributed by atoms with Crippen LogP contribution in [0, 0.1) is 0 Å². The van der Waals surface area contributed by atoms with E-state index in [0.717, 1.165) is 55.8 Å². The van der Waals surface area contributed by atoms with Gasteiger partial charge in [0.15, 0.2) is 0 Å². The van der Waals surface area contributed by atoms with Crippen molar-refractivity contribution in [1.29, 1.82) is 0 Å². The summed E-state index contributed by atoms with van der Waals surface area (Å²) in [7, 11) is 0. The van der Waals surface area contributed by atoms with Gasteiger partial charge in [0.05, 0.1) is 0 Å². The normalized spacial score (nSPS) is 10.6. The van der Waals surface area contributed by atoms with Crippen LogP contribution < -0.4 is 9.64 Å². The quantitative estimate of drug-likeness (QED) is 0.351. The number of ether oxygens (including phenoxy) is 1. The Hall–Kier alpha value is -3.02. The van der Waals surface area contributed by atoms with Crippen molar-refractivity contribution in [2.24, 2.45) is 0 Å².